The molecule has 2 heteroatoms. The van der Waals surface area contributed by atoms with Crippen molar-refractivity contribution < 1.29 is 4.79 Å². The zero-order chi connectivity index (χ0) is 9.26. The normalized spacial score (nSPS) is 15.0. The van der Waals surface area contributed by atoms with Crippen LogP contribution in [0.3, 0.4) is 0 Å². The lowest BCUT2D eigenvalue weighted by atomic mass is 10.1. The molecule has 2 nitrogen and oxygen atoms in total. The monoisotopic (exact) mass is 171 g/mol. The van der Waals surface area contributed by atoms with Crippen molar-refractivity contribution in [3.8, 4) is 12.3 Å². The van der Waals surface area contributed by atoms with Gasteiger partial charge in [-0.2, -0.15) is 0 Å². The quantitative estimate of drug-likeness (QED) is 0.462. The molecule has 0 radical (unpaired) electrons. The molecule has 0 bridgehead atoms. The van der Waals surface area contributed by atoms with Gasteiger partial charge in [-0.15, -0.1) is 6.42 Å². The van der Waals surface area contributed by atoms with Crippen LogP contribution < -0.4 is 4.90 Å². The number of hydrogen-bond acceptors (Lipinski definition) is 1. The van der Waals surface area contributed by atoms with E-state index < -0.39 is 0 Å². The summed E-state index contributed by atoms with van der Waals surface area (Å²) < 4.78 is 0. The first-order valence-corrected chi connectivity index (χ1v) is 4.18. The van der Waals surface area contributed by atoms with Gasteiger partial charge in [0.1, 0.15) is 0 Å². The Morgan fingerprint density at radius 1 is 1.46 bits per heavy atom. The summed E-state index contributed by atoms with van der Waals surface area (Å²) in [5.74, 6) is 2.72. The van der Waals surface area contributed by atoms with Gasteiger partial charge in [-0.3, -0.25) is 4.79 Å². The minimum atomic E-state index is 0.175. The van der Waals surface area contributed by atoms with Crippen LogP contribution in [0.1, 0.15) is 12.0 Å². The Kier molecular flexibility index (Phi) is 1.79. The predicted octanol–water partition coefficient (Wildman–Crippen LogP) is 1.40. The Labute approximate surface area is 77.2 Å². The molecule has 1 heterocycles. The summed E-state index contributed by atoms with van der Waals surface area (Å²) in [6.45, 7) is 0.812. The zero-order valence-corrected chi connectivity index (χ0v) is 7.16. The number of carbonyl (C=O) groups excluding carboxylic acids is 1. The fourth-order valence-electron chi connectivity index (χ4n) is 1.35. The molecule has 0 unspecified atom stereocenters. The fraction of sp³-hybridized carbons (Fsp3) is 0.182. The summed E-state index contributed by atoms with van der Waals surface area (Å²) in [4.78, 5) is 12.8. The van der Waals surface area contributed by atoms with Gasteiger partial charge < -0.3 is 4.90 Å². The van der Waals surface area contributed by atoms with Gasteiger partial charge in [0.15, 0.2) is 0 Å². The van der Waals surface area contributed by atoms with Crippen molar-refractivity contribution in [2.75, 3.05) is 11.4 Å². The Hall–Kier alpha value is -1.75. The topological polar surface area (TPSA) is 20.3 Å². The number of amides is 1. The van der Waals surface area contributed by atoms with Crippen LogP contribution in [0.5, 0.6) is 0 Å². The molecule has 1 aliphatic rings. The van der Waals surface area contributed by atoms with Crippen LogP contribution in [0.4, 0.5) is 5.69 Å². The third-order valence-electron chi connectivity index (χ3n) is 2.17. The van der Waals surface area contributed by atoms with Gasteiger partial charge in [0.05, 0.1) is 0 Å². The van der Waals surface area contributed by atoms with Crippen molar-refractivity contribution in [1.29, 1.82) is 0 Å². The molecule has 1 fully saturated rings. The molecule has 0 spiro atoms. The molecule has 0 aromatic heterocycles. The van der Waals surface area contributed by atoms with Crippen molar-refractivity contribution in [3.63, 3.8) is 0 Å². The van der Waals surface area contributed by atoms with Crippen LogP contribution in [-0.4, -0.2) is 12.5 Å². The number of nitrogens with zero attached hydrogens (tertiary/aromatic N) is 1. The molecule has 13 heavy (non-hydrogen) atoms. The molecule has 0 aliphatic carbocycles. The van der Waals surface area contributed by atoms with Gasteiger partial charge in [-0.1, -0.05) is 12.0 Å². The minimum Gasteiger partial charge on any atom is -0.312 e. The van der Waals surface area contributed by atoms with E-state index in [2.05, 4.69) is 5.92 Å². The van der Waals surface area contributed by atoms with Crippen molar-refractivity contribution in [1.82, 2.24) is 0 Å². The lowest BCUT2D eigenvalue weighted by Gasteiger charge is -2.30. The molecule has 2 rings (SSSR count). The zero-order valence-electron chi connectivity index (χ0n) is 7.16. The third kappa shape index (κ3) is 1.29. The highest BCUT2D eigenvalue weighted by Crippen LogP contribution is 2.22. The van der Waals surface area contributed by atoms with E-state index in [-0.39, 0.29) is 5.91 Å². The molecule has 0 atom stereocenters. The SMILES string of the molecule is C#Cc1cccc(N2CCC2=O)c1. The highest BCUT2D eigenvalue weighted by atomic mass is 16.2. The second kappa shape index (κ2) is 2.95. The van der Waals surface area contributed by atoms with E-state index in [4.69, 9.17) is 6.42 Å². The molecule has 1 saturated heterocycles. The van der Waals surface area contributed by atoms with Gasteiger partial charge in [0.2, 0.25) is 5.91 Å². The molecule has 1 amide bonds. The van der Waals surface area contributed by atoms with Crippen molar-refractivity contribution >= 4 is 11.6 Å². The van der Waals surface area contributed by atoms with E-state index >= 15 is 0 Å². The minimum absolute atomic E-state index is 0.175. The lowest BCUT2D eigenvalue weighted by molar-refractivity contribution is -0.122. The third-order valence-corrected chi connectivity index (χ3v) is 2.17. The molecule has 1 aromatic carbocycles. The molecule has 1 aliphatic heterocycles. The maximum Gasteiger partial charge on any atom is 0.228 e. The highest BCUT2D eigenvalue weighted by molar-refractivity contribution is 5.99. The second-order valence-corrected chi connectivity index (χ2v) is 2.99. The van der Waals surface area contributed by atoms with E-state index in [0.29, 0.717) is 6.42 Å². The summed E-state index contributed by atoms with van der Waals surface area (Å²) in [6, 6.07) is 7.48. The first-order valence-electron chi connectivity index (χ1n) is 4.18. The first kappa shape index (κ1) is 7.88. The number of anilines is 1. The predicted molar refractivity (Wildman–Crippen MR) is 51.3 cm³/mol. The number of benzene rings is 1. The molecule has 1 aromatic rings. The standard InChI is InChI=1S/C11H9NO/c1-2-9-4-3-5-10(8-9)12-7-6-11(12)13/h1,3-5,8H,6-7H2. The van der Waals surface area contributed by atoms with E-state index in [1.807, 2.05) is 24.3 Å². The summed E-state index contributed by atoms with van der Waals surface area (Å²) in [5.41, 5.74) is 1.73. The van der Waals surface area contributed by atoms with E-state index in [1.165, 1.54) is 0 Å². The van der Waals surface area contributed by atoms with Gasteiger partial charge in [0.25, 0.3) is 0 Å². The van der Waals surface area contributed by atoms with Gasteiger partial charge >= 0.3 is 0 Å². The van der Waals surface area contributed by atoms with Gasteiger partial charge in [-0.05, 0) is 18.2 Å². The fourth-order valence-corrected chi connectivity index (χ4v) is 1.35. The van der Waals surface area contributed by atoms with Crippen LogP contribution >= 0.6 is 0 Å². The summed E-state index contributed by atoms with van der Waals surface area (Å²) >= 11 is 0. The van der Waals surface area contributed by atoms with E-state index in [0.717, 1.165) is 17.8 Å². The van der Waals surface area contributed by atoms with Gasteiger partial charge in [-0.25, -0.2) is 0 Å². The Bertz CT molecular complexity index is 389. The van der Waals surface area contributed by atoms with Gasteiger partial charge in [0, 0.05) is 24.2 Å². The number of carbonyl (C=O) groups is 1. The maximum absolute atomic E-state index is 11.1. The Morgan fingerprint density at radius 3 is 2.85 bits per heavy atom. The summed E-state index contributed by atoms with van der Waals surface area (Å²) in [6.07, 6.45) is 5.91. The Morgan fingerprint density at radius 2 is 2.31 bits per heavy atom. The van der Waals surface area contributed by atoms with Crippen molar-refractivity contribution in [2.45, 2.75) is 6.42 Å². The van der Waals surface area contributed by atoms with E-state index in [1.54, 1.807) is 4.90 Å². The molecular formula is C11H9NO. The highest BCUT2D eigenvalue weighted by Gasteiger charge is 2.24. The van der Waals surface area contributed by atoms with Crippen LogP contribution in [0.2, 0.25) is 0 Å². The number of β-lactam (4-membered cyclic amide) rings is 1. The van der Waals surface area contributed by atoms with E-state index in [9.17, 15) is 4.79 Å². The number of terminal acetylenes is 1. The van der Waals surface area contributed by atoms with Crippen molar-refractivity contribution in [3.05, 3.63) is 29.8 Å². The van der Waals surface area contributed by atoms with Crippen molar-refractivity contribution in [2.24, 2.45) is 0 Å². The van der Waals surface area contributed by atoms with Crippen LogP contribution in [-0.2, 0) is 4.79 Å². The van der Waals surface area contributed by atoms with Crippen LogP contribution in [0.25, 0.3) is 0 Å². The molecular weight excluding hydrogens is 162 g/mol. The average Bonchev–Trinajstić information content (AvgIpc) is 2.16. The first-order chi connectivity index (χ1) is 6.31. The maximum atomic E-state index is 11.1. The molecule has 0 N–H and O–H groups in total. The summed E-state index contributed by atoms with van der Waals surface area (Å²) in [7, 11) is 0. The molecule has 64 valence electrons. The second-order valence-electron chi connectivity index (χ2n) is 2.99. The smallest absolute Gasteiger partial charge is 0.228 e. The largest absolute Gasteiger partial charge is 0.312 e. The number of hydrogen-bond donors (Lipinski definition) is 0. The Balaban J connectivity index is 2.31. The summed E-state index contributed by atoms with van der Waals surface area (Å²) in [5, 5.41) is 0. The average molecular weight is 171 g/mol. The van der Waals surface area contributed by atoms with Crippen LogP contribution in [0, 0.1) is 12.3 Å². The lowest BCUT2D eigenvalue weighted by Crippen LogP contribution is -2.43. The number of rotatable bonds is 1. The molecule has 0 saturated carbocycles. The van der Waals surface area contributed by atoms with Crippen LogP contribution in [0.15, 0.2) is 24.3 Å².